The van der Waals surface area contributed by atoms with E-state index in [4.69, 9.17) is 4.74 Å². The SMILES string of the molecule is CCC(O)CCNC(C)c1ccc(OC)c(Br)c1. The number of rotatable bonds is 7. The topological polar surface area (TPSA) is 41.5 Å². The summed E-state index contributed by atoms with van der Waals surface area (Å²) in [6, 6.07) is 6.33. The summed E-state index contributed by atoms with van der Waals surface area (Å²) in [6.45, 7) is 4.93. The highest BCUT2D eigenvalue weighted by molar-refractivity contribution is 9.10. The second kappa shape index (κ2) is 7.77. The van der Waals surface area contributed by atoms with Crippen LogP contribution >= 0.6 is 15.9 Å². The first-order valence-electron chi connectivity index (χ1n) is 6.33. The van der Waals surface area contributed by atoms with E-state index in [1.165, 1.54) is 5.56 Å². The molecule has 3 nitrogen and oxygen atoms in total. The largest absolute Gasteiger partial charge is 0.496 e. The van der Waals surface area contributed by atoms with Crippen molar-refractivity contribution in [2.45, 2.75) is 38.8 Å². The fraction of sp³-hybridized carbons (Fsp3) is 0.571. The molecular weight excluding hydrogens is 294 g/mol. The number of nitrogens with one attached hydrogen (secondary N) is 1. The number of ether oxygens (including phenoxy) is 1. The highest BCUT2D eigenvalue weighted by Crippen LogP contribution is 2.27. The van der Waals surface area contributed by atoms with Crippen LogP contribution in [0, 0.1) is 0 Å². The Bertz CT molecular complexity index is 371. The van der Waals surface area contributed by atoms with Gasteiger partial charge in [0.2, 0.25) is 0 Å². The number of halogens is 1. The summed E-state index contributed by atoms with van der Waals surface area (Å²) < 4.78 is 6.17. The Balaban J connectivity index is 2.51. The van der Waals surface area contributed by atoms with Crippen LogP contribution in [-0.2, 0) is 0 Å². The third-order valence-corrected chi connectivity index (χ3v) is 3.69. The minimum Gasteiger partial charge on any atom is -0.496 e. The fourth-order valence-electron chi connectivity index (χ4n) is 1.74. The van der Waals surface area contributed by atoms with Gasteiger partial charge < -0.3 is 15.2 Å². The average Bonchev–Trinajstić information content (AvgIpc) is 2.38. The van der Waals surface area contributed by atoms with E-state index in [1.54, 1.807) is 7.11 Å². The molecule has 18 heavy (non-hydrogen) atoms. The van der Waals surface area contributed by atoms with E-state index in [0.717, 1.165) is 29.6 Å². The lowest BCUT2D eigenvalue weighted by Gasteiger charge is -2.16. The summed E-state index contributed by atoms with van der Waals surface area (Å²) in [7, 11) is 1.66. The Labute approximate surface area is 118 Å². The van der Waals surface area contributed by atoms with Crippen molar-refractivity contribution in [2.75, 3.05) is 13.7 Å². The monoisotopic (exact) mass is 315 g/mol. The maximum Gasteiger partial charge on any atom is 0.133 e. The molecule has 1 aromatic carbocycles. The van der Waals surface area contributed by atoms with E-state index in [1.807, 2.05) is 13.0 Å². The number of aliphatic hydroxyl groups excluding tert-OH is 1. The van der Waals surface area contributed by atoms with Crippen molar-refractivity contribution in [3.05, 3.63) is 28.2 Å². The lowest BCUT2D eigenvalue weighted by Crippen LogP contribution is -2.23. The third-order valence-electron chi connectivity index (χ3n) is 3.08. The minimum atomic E-state index is -0.202. The molecule has 0 saturated carbocycles. The molecule has 0 amide bonds. The van der Waals surface area contributed by atoms with E-state index >= 15 is 0 Å². The number of hydrogen-bond donors (Lipinski definition) is 2. The first kappa shape index (κ1) is 15.5. The van der Waals surface area contributed by atoms with Crippen molar-refractivity contribution in [2.24, 2.45) is 0 Å². The molecular formula is C14H22BrNO2. The Kier molecular flexibility index (Phi) is 6.68. The van der Waals surface area contributed by atoms with Crippen LogP contribution in [0.15, 0.2) is 22.7 Å². The predicted octanol–water partition coefficient (Wildman–Crippen LogP) is 3.27. The highest BCUT2D eigenvalue weighted by atomic mass is 79.9. The number of benzene rings is 1. The molecule has 2 atom stereocenters. The molecule has 0 bridgehead atoms. The number of methoxy groups -OCH3 is 1. The Morgan fingerprint density at radius 1 is 1.44 bits per heavy atom. The van der Waals surface area contributed by atoms with Gasteiger partial charge in [-0.15, -0.1) is 0 Å². The zero-order valence-corrected chi connectivity index (χ0v) is 12.8. The molecule has 0 fully saturated rings. The van der Waals surface area contributed by atoms with Gasteiger partial charge >= 0.3 is 0 Å². The molecule has 0 aromatic heterocycles. The summed E-state index contributed by atoms with van der Waals surface area (Å²) in [6.07, 6.45) is 1.40. The minimum absolute atomic E-state index is 0.202. The molecule has 0 spiro atoms. The van der Waals surface area contributed by atoms with Crippen molar-refractivity contribution in [3.63, 3.8) is 0 Å². The van der Waals surface area contributed by atoms with Crippen molar-refractivity contribution >= 4 is 15.9 Å². The van der Waals surface area contributed by atoms with Crippen LogP contribution in [0.1, 0.15) is 38.3 Å². The normalized spacial score (nSPS) is 14.3. The van der Waals surface area contributed by atoms with Crippen LogP contribution in [0.4, 0.5) is 0 Å². The molecule has 0 aliphatic carbocycles. The van der Waals surface area contributed by atoms with Crippen LogP contribution in [0.2, 0.25) is 0 Å². The van der Waals surface area contributed by atoms with Crippen LogP contribution in [0.3, 0.4) is 0 Å². The zero-order chi connectivity index (χ0) is 13.5. The fourth-order valence-corrected chi connectivity index (χ4v) is 2.30. The first-order chi connectivity index (χ1) is 8.58. The maximum absolute atomic E-state index is 9.49. The van der Waals surface area contributed by atoms with Gasteiger partial charge in [0.15, 0.2) is 0 Å². The third kappa shape index (κ3) is 4.59. The highest BCUT2D eigenvalue weighted by Gasteiger charge is 2.08. The van der Waals surface area contributed by atoms with Gasteiger partial charge in [0.1, 0.15) is 5.75 Å². The molecule has 102 valence electrons. The van der Waals surface area contributed by atoms with Crippen molar-refractivity contribution in [1.29, 1.82) is 0 Å². The van der Waals surface area contributed by atoms with Crippen molar-refractivity contribution in [1.82, 2.24) is 5.32 Å². The molecule has 4 heteroatoms. The quantitative estimate of drug-likeness (QED) is 0.811. The van der Waals surface area contributed by atoms with E-state index in [0.29, 0.717) is 0 Å². The van der Waals surface area contributed by atoms with Gasteiger partial charge in [-0.3, -0.25) is 0 Å². The summed E-state index contributed by atoms with van der Waals surface area (Å²) in [5.41, 5.74) is 1.20. The Morgan fingerprint density at radius 2 is 2.17 bits per heavy atom. The molecule has 0 heterocycles. The van der Waals surface area contributed by atoms with Gasteiger partial charge in [-0.1, -0.05) is 13.0 Å². The summed E-state index contributed by atoms with van der Waals surface area (Å²) in [5, 5.41) is 12.9. The first-order valence-corrected chi connectivity index (χ1v) is 7.12. The molecule has 1 rings (SSSR count). The van der Waals surface area contributed by atoms with Gasteiger partial charge in [-0.2, -0.15) is 0 Å². The van der Waals surface area contributed by atoms with Crippen molar-refractivity contribution in [3.8, 4) is 5.75 Å². The van der Waals surface area contributed by atoms with E-state index < -0.39 is 0 Å². The molecule has 1 aromatic rings. The predicted molar refractivity (Wildman–Crippen MR) is 78.0 cm³/mol. The Morgan fingerprint density at radius 3 is 2.72 bits per heavy atom. The van der Waals surface area contributed by atoms with E-state index in [2.05, 4.69) is 40.3 Å². The van der Waals surface area contributed by atoms with Crippen molar-refractivity contribution < 1.29 is 9.84 Å². The lowest BCUT2D eigenvalue weighted by atomic mass is 10.1. The summed E-state index contributed by atoms with van der Waals surface area (Å²) in [5.74, 6) is 0.840. The van der Waals surface area contributed by atoms with Gasteiger partial charge in [0.05, 0.1) is 17.7 Å². The van der Waals surface area contributed by atoms with Crippen LogP contribution < -0.4 is 10.1 Å². The molecule has 0 radical (unpaired) electrons. The molecule has 2 N–H and O–H groups in total. The van der Waals surface area contributed by atoms with Crippen LogP contribution in [0.25, 0.3) is 0 Å². The second-order valence-corrected chi connectivity index (χ2v) is 5.27. The van der Waals surface area contributed by atoms with Crippen LogP contribution in [-0.4, -0.2) is 24.9 Å². The maximum atomic E-state index is 9.49. The second-order valence-electron chi connectivity index (χ2n) is 4.42. The standard InChI is InChI=1S/C14H22BrNO2/c1-4-12(17)7-8-16-10(2)11-5-6-14(18-3)13(15)9-11/h5-6,9-10,12,16-17H,4,7-8H2,1-3H3. The van der Waals surface area contributed by atoms with Gasteiger partial charge in [-0.05, 0) is 59.9 Å². The summed E-state index contributed by atoms with van der Waals surface area (Å²) >= 11 is 3.49. The molecule has 0 saturated heterocycles. The lowest BCUT2D eigenvalue weighted by molar-refractivity contribution is 0.159. The number of aliphatic hydroxyl groups is 1. The van der Waals surface area contributed by atoms with E-state index in [9.17, 15) is 5.11 Å². The van der Waals surface area contributed by atoms with Gasteiger partial charge in [0.25, 0.3) is 0 Å². The summed E-state index contributed by atoms with van der Waals surface area (Å²) in [4.78, 5) is 0. The molecule has 2 unspecified atom stereocenters. The van der Waals surface area contributed by atoms with Gasteiger partial charge in [0, 0.05) is 6.04 Å². The molecule has 0 aliphatic rings. The van der Waals surface area contributed by atoms with Gasteiger partial charge in [-0.25, -0.2) is 0 Å². The zero-order valence-electron chi connectivity index (χ0n) is 11.2. The van der Waals surface area contributed by atoms with Crippen LogP contribution in [0.5, 0.6) is 5.75 Å². The Hall–Kier alpha value is -0.580. The smallest absolute Gasteiger partial charge is 0.133 e. The average molecular weight is 316 g/mol. The number of hydrogen-bond acceptors (Lipinski definition) is 3. The molecule has 0 aliphatic heterocycles. The van der Waals surface area contributed by atoms with E-state index in [-0.39, 0.29) is 12.1 Å².